The number of fused-ring (bicyclic) bond motifs is 1. The second-order valence-corrected chi connectivity index (χ2v) is 6.26. The van der Waals surface area contributed by atoms with Crippen LogP contribution in [0.4, 0.5) is 5.69 Å². The first-order valence-electron chi connectivity index (χ1n) is 8.08. The molecule has 0 spiro atoms. The molecule has 1 aromatic heterocycles. The van der Waals surface area contributed by atoms with Crippen LogP contribution in [-0.4, -0.2) is 14.5 Å². The van der Waals surface area contributed by atoms with E-state index in [0.717, 1.165) is 0 Å². The fraction of sp³-hybridized carbons (Fsp3) is 0. The molecule has 0 N–H and O–H groups in total. The van der Waals surface area contributed by atoms with Gasteiger partial charge in [-0.05, 0) is 24.3 Å². The minimum Gasteiger partial charge on any atom is -0.268 e. The number of halogens is 1. The number of aromatic nitrogens is 2. The lowest BCUT2D eigenvalue weighted by Crippen LogP contribution is -2.22. The van der Waals surface area contributed by atoms with Crippen LogP contribution in [0, 0.1) is 10.1 Å². The standard InChI is InChI=1S/C20H12ClN3O3/c21-16-9-2-4-11-18(16)23-19(13-6-5-7-14(12-13)24(26)27)22-17-10-3-1-8-15(17)20(23)25/h1-12H. The summed E-state index contributed by atoms with van der Waals surface area (Å²) in [6, 6.07) is 19.9. The maximum absolute atomic E-state index is 13.2. The molecule has 0 amide bonds. The van der Waals surface area contributed by atoms with E-state index >= 15 is 0 Å². The SMILES string of the molecule is O=c1c2ccccc2nc(-c2cccc([N+](=O)[O-])c2)n1-c1ccccc1Cl. The molecule has 6 nitrogen and oxygen atoms in total. The third-order valence-corrected chi connectivity index (χ3v) is 4.50. The van der Waals surface area contributed by atoms with Gasteiger partial charge < -0.3 is 0 Å². The van der Waals surface area contributed by atoms with E-state index in [0.29, 0.717) is 27.2 Å². The largest absolute Gasteiger partial charge is 0.270 e. The Kier molecular flexibility index (Phi) is 4.18. The Labute approximate surface area is 158 Å². The number of nitro groups is 1. The van der Waals surface area contributed by atoms with Gasteiger partial charge in [-0.3, -0.25) is 19.5 Å². The monoisotopic (exact) mass is 377 g/mol. The third-order valence-electron chi connectivity index (χ3n) is 4.18. The minimum atomic E-state index is -0.484. The highest BCUT2D eigenvalue weighted by atomic mass is 35.5. The fourth-order valence-electron chi connectivity index (χ4n) is 2.94. The van der Waals surface area contributed by atoms with Crippen LogP contribution in [-0.2, 0) is 0 Å². The quantitative estimate of drug-likeness (QED) is 0.385. The highest BCUT2D eigenvalue weighted by Crippen LogP contribution is 2.28. The lowest BCUT2D eigenvalue weighted by molar-refractivity contribution is -0.384. The van der Waals surface area contributed by atoms with Gasteiger partial charge in [-0.25, -0.2) is 4.98 Å². The van der Waals surface area contributed by atoms with Crippen molar-refractivity contribution in [1.29, 1.82) is 0 Å². The van der Waals surface area contributed by atoms with E-state index in [1.165, 1.54) is 16.7 Å². The maximum Gasteiger partial charge on any atom is 0.270 e. The number of hydrogen-bond donors (Lipinski definition) is 0. The Morgan fingerprint density at radius 2 is 1.70 bits per heavy atom. The van der Waals surface area contributed by atoms with E-state index in [2.05, 4.69) is 4.98 Å². The van der Waals surface area contributed by atoms with Crippen molar-refractivity contribution in [2.24, 2.45) is 0 Å². The van der Waals surface area contributed by atoms with Gasteiger partial charge in [0.05, 0.1) is 26.5 Å². The van der Waals surface area contributed by atoms with Gasteiger partial charge in [0.15, 0.2) is 0 Å². The molecule has 0 saturated heterocycles. The zero-order chi connectivity index (χ0) is 19.0. The summed E-state index contributed by atoms with van der Waals surface area (Å²) in [5, 5.41) is 12.0. The Balaban J connectivity index is 2.12. The van der Waals surface area contributed by atoms with Gasteiger partial charge in [0.2, 0.25) is 0 Å². The van der Waals surface area contributed by atoms with Crippen LogP contribution in [0.1, 0.15) is 0 Å². The molecule has 3 aromatic carbocycles. The molecule has 1 heterocycles. The van der Waals surface area contributed by atoms with Crippen molar-refractivity contribution in [2.75, 3.05) is 0 Å². The molecule has 0 fully saturated rings. The molecule has 7 heteroatoms. The number of nitro benzene ring substituents is 1. The third kappa shape index (κ3) is 2.96. The summed E-state index contributed by atoms with van der Waals surface area (Å²) in [7, 11) is 0. The van der Waals surface area contributed by atoms with E-state index in [9.17, 15) is 14.9 Å². The molecule has 132 valence electrons. The van der Waals surface area contributed by atoms with Crippen LogP contribution in [0.5, 0.6) is 0 Å². The normalized spacial score (nSPS) is 10.9. The molecular weight excluding hydrogens is 366 g/mol. The number of rotatable bonds is 3. The molecule has 0 atom stereocenters. The highest BCUT2D eigenvalue weighted by Gasteiger charge is 2.17. The van der Waals surface area contributed by atoms with E-state index in [1.807, 2.05) is 0 Å². The van der Waals surface area contributed by atoms with E-state index in [-0.39, 0.29) is 17.1 Å². The van der Waals surface area contributed by atoms with Crippen LogP contribution in [0.25, 0.3) is 28.0 Å². The predicted molar refractivity (Wildman–Crippen MR) is 104 cm³/mol. The van der Waals surface area contributed by atoms with Crippen LogP contribution in [0.15, 0.2) is 77.6 Å². The molecule has 0 aliphatic heterocycles. The molecule has 4 rings (SSSR count). The van der Waals surface area contributed by atoms with Crippen LogP contribution < -0.4 is 5.56 Å². The lowest BCUT2D eigenvalue weighted by Gasteiger charge is -2.15. The molecular formula is C20H12ClN3O3. The number of hydrogen-bond acceptors (Lipinski definition) is 4. The average molecular weight is 378 g/mol. The summed E-state index contributed by atoms with van der Waals surface area (Å²) in [6.45, 7) is 0. The molecule has 4 aromatic rings. The van der Waals surface area contributed by atoms with Crippen molar-refractivity contribution < 1.29 is 4.92 Å². The average Bonchev–Trinajstić information content (AvgIpc) is 2.69. The maximum atomic E-state index is 13.2. The van der Waals surface area contributed by atoms with Crippen molar-refractivity contribution in [1.82, 2.24) is 9.55 Å². The van der Waals surface area contributed by atoms with Crippen LogP contribution in [0.2, 0.25) is 5.02 Å². The summed E-state index contributed by atoms with van der Waals surface area (Å²) in [5.74, 6) is 0.288. The van der Waals surface area contributed by atoms with Crippen molar-refractivity contribution in [3.05, 3.63) is 98.3 Å². The zero-order valence-corrected chi connectivity index (χ0v) is 14.6. The van der Waals surface area contributed by atoms with Gasteiger partial charge in [0.1, 0.15) is 5.82 Å². The summed E-state index contributed by atoms with van der Waals surface area (Å²) in [4.78, 5) is 28.5. The zero-order valence-electron chi connectivity index (χ0n) is 13.9. The second-order valence-electron chi connectivity index (χ2n) is 5.85. The fourth-order valence-corrected chi connectivity index (χ4v) is 3.16. The minimum absolute atomic E-state index is 0.0828. The molecule has 0 unspecified atom stereocenters. The van der Waals surface area contributed by atoms with E-state index in [1.54, 1.807) is 60.7 Å². The summed E-state index contributed by atoms with van der Waals surface area (Å²) in [5.41, 5.74) is 1.04. The Hall–Kier alpha value is -3.51. The highest BCUT2D eigenvalue weighted by molar-refractivity contribution is 6.32. The topological polar surface area (TPSA) is 78.0 Å². The van der Waals surface area contributed by atoms with Gasteiger partial charge in [0.25, 0.3) is 11.2 Å². The predicted octanol–water partition coefficient (Wildman–Crippen LogP) is 4.61. The van der Waals surface area contributed by atoms with Gasteiger partial charge >= 0.3 is 0 Å². The first-order chi connectivity index (χ1) is 13.1. The van der Waals surface area contributed by atoms with Gasteiger partial charge in [-0.2, -0.15) is 0 Å². The summed E-state index contributed by atoms with van der Waals surface area (Å²) >= 11 is 6.33. The molecule has 0 bridgehead atoms. The number of nitrogens with zero attached hydrogens (tertiary/aromatic N) is 3. The number of non-ortho nitro benzene ring substituents is 1. The number of benzene rings is 3. The molecule has 0 aliphatic carbocycles. The van der Waals surface area contributed by atoms with Crippen LogP contribution in [0.3, 0.4) is 0 Å². The number of para-hydroxylation sites is 2. The van der Waals surface area contributed by atoms with Crippen molar-refractivity contribution in [2.45, 2.75) is 0 Å². The molecule has 0 aliphatic rings. The van der Waals surface area contributed by atoms with Gasteiger partial charge in [-0.1, -0.05) is 48.0 Å². The first-order valence-corrected chi connectivity index (χ1v) is 8.45. The molecule has 0 radical (unpaired) electrons. The van der Waals surface area contributed by atoms with E-state index < -0.39 is 4.92 Å². The summed E-state index contributed by atoms with van der Waals surface area (Å²) < 4.78 is 1.39. The Morgan fingerprint density at radius 1 is 0.963 bits per heavy atom. The van der Waals surface area contributed by atoms with Crippen LogP contribution >= 0.6 is 11.6 Å². The second kappa shape index (κ2) is 6.66. The lowest BCUT2D eigenvalue weighted by atomic mass is 10.1. The Morgan fingerprint density at radius 3 is 2.48 bits per heavy atom. The molecule has 27 heavy (non-hydrogen) atoms. The first kappa shape index (κ1) is 16.9. The van der Waals surface area contributed by atoms with Gasteiger partial charge in [0, 0.05) is 17.7 Å². The Bertz CT molecular complexity index is 1250. The van der Waals surface area contributed by atoms with Gasteiger partial charge in [-0.15, -0.1) is 0 Å². The van der Waals surface area contributed by atoms with Crippen molar-refractivity contribution in [3.63, 3.8) is 0 Å². The summed E-state index contributed by atoms with van der Waals surface area (Å²) in [6.07, 6.45) is 0. The van der Waals surface area contributed by atoms with Crippen molar-refractivity contribution >= 4 is 28.2 Å². The smallest absolute Gasteiger partial charge is 0.268 e. The van der Waals surface area contributed by atoms with Crippen molar-refractivity contribution in [3.8, 4) is 17.1 Å². The van der Waals surface area contributed by atoms with E-state index in [4.69, 9.17) is 11.6 Å². The molecule has 0 saturated carbocycles.